The van der Waals surface area contributed by atoms with Crippen molar-refractivity contribution >= 4 is 44.2 Å². The van der Waals surface area contributed by atoms with Crippen LogP contribution < -0.4 is 14.9 Å². The number of nitrogens with two attached hydrogens (primary N) is 1. The molecule has 9 heteroatoms. The first-order chi connectivity index (χ1) is 10.4. The van der Waals surface area contributed by atoms with E-state index in [0.717, 1.165) is 28.8 Å². The summed E-state index contributed by atoms with van der Waals surface area (Å²) in [7, 11) is -3.70. The van der Waals surface area contributed by atoms with Gasteiger partial charge in [0.05, 0.1) is 12.2 Å². The molecule has 0 aromatic heterocycles. The molecule has 2 N–H and O–H groups in total. The molecule has 116 valence electrons. The number of sulfonamides is 1. The number of amidine groups is 1. The van der Waals surface area contributed by atoms with Gasteiger partial charge in [0.15, 0.2) is 5.17 Å². The number of carbonyl (C=O) groups is 1. The molecular weight excluding hydrogens is 324 g/mol. The van der Waals surface area contributed by atoms with Crippen molar-refractivity contribution in [1.29, 1.82) is 0 Å². The van der Waals surface area contributed by atoms with Crippen molar-refractivity contribution in [3.8, 4) is 0 Å². The minimum Gasteiger partial charge on any atom is -0.318 e. The molecule has 0 saturated carbocycles. The van der Waals surface area contributed by atoms with Crippen LogP contribution in [0.25, 0.3) is 0 Å². The number of thioether (sulfide) groups is 1. The van der Waals surface area contributed by atoms with E-state index in [2.05, 4.69) is 9.89 Å². The van der Waals surface area contributed by atoms with E-state index in [4.69, 9.17) is 5.14 Å². The van der Waals surface area contributed by atoms with Crippen LogP contribution in [0.5, 0.6) is 0 Å². The van der Waals surface area contributed by atoms with E-state index in [0.29, 0.717) is 5.69 Å². The maximum Gasteiger partial charge on any atom is 0.228 e. The third-order valence-corrected chi connectivity index (χ3v) is 6.44. The van der Waals surface area contributed by atoms with Crippen molar-refractivity contribution in [2.75, 3.05) is 29.4 Å². The zero-order valence-corrected chi connectivity index (χ0v) is 13.2. The van der Waals surface area contributed by atoms with Gasteiger partial charge in [-0.05, 0) is 30.0 Å². The van der Waals surface area contributed by atoms with Gasteiger partial charge in [-0.2, -0.15) is 0 Å². The smallest absolute Gasteiger partial charge is 0.228 e. The Balaban J connectivity index is 1.66. The third kappa shape index (κ3) is 2.11. The quantitative estimate of drug-likeness (QED) is 0.840. The van der Waals surface area contributed by atoms with Crippen LogP contribution >= 0.6 is 11.8 Å². The van der Waals surface area contributed by atoms with Gasteiger partial charge >= 0.3 is 0 Å². The number of fused-ring (bicyclic) bond motifs is 3. The minimum absolute atomic E-state index is 0.0545. The van der Waals surface area contributed by atoms with Gasteiger partial charge in [-0.3, -0.25) is 9.79 Å². The van der Waals surface area contributed by atoms with Crippen LogP contribution in [0.1, 0.15) is 6.42 Å². The number of aliphatic imine (C=N–C) groups is 1. The highest BCUT2D eigenvalue weighted by atomic mass is 32.2. The number of carbonyl (C=O) groups excluding carboxylic acids is 1. The Morgan fingerprint density at radius 1 is 1.32 bits per heavy atom. The molecule has 4 rings (SSSR count). The largest absolute Gasteiger partial charge is 0.318 e. The van der Waals surface area contributed by atoms with Gasteiger partial charge in [-0.1, -0.05) is 0 Å². The lowest BCUT2D eigenvalue weighted by Crippen LogP contribution is -2.32. The second kappa shape index (κ2) is 4.71. The Morgan fingerprint density at radius 3 is 2.86 bits per heavy atom. The Labute approximate surface area is 132 Å². The Kier molecular flexibility index (Phi) is 3.00. The number of anilines is 2. The van der Waals surface area contributed by atoms with E-state index in [1.165, 1.54) is 4.90 Å². The highest BCUT2D eigenvalue weighted by Gasteiger charge is 2.38. The Bertz CT molecular complexity index is 806. The summed E-state index contributed by atoms with van der Waals surface area (Å²) in [5.41, 5.74) is 1.74. The average molecular weight is 338 g/mol. The van der Waals surface area contributed by atoms with Crippen molar-refractivity contribution in [1.82, 2.24) is 0 Å². The van der Waals surface area contributed by atoms with Crippen LogP contribution in [-0.2, 0) is 14.8 Å². The molecule has 7 nitrogen and oxygen atoms in total. The van der Waals surface area contributed by atoms with Crippen LogP contribution in [-0.4, -0.2) is 44.4 Å². The van der Waals surface area contributed by atoms with Gasteiger partial charge in [0, 0.05) is 30.1 Å². The second-order valence-electron chi connectivity index (χ2n) is 5.49. The molecular formula is C13H14N4O3S2. The van der Waals surface area contributed by atoms with Crippen LogP contribution in [0.3, 0.4) is 0 Å². The third-order valence-electron chi connectivity index (χ3n) is 4.10. The molecule has 0 aliphatic carbocycles. The Morgan fingerprint density at radius 2 is 2.14 bits per heavy atom. The van der Waals surface area contributed by atoms with E-state index in [9.17, 15) is 13.2 Å². The predicted octanol–water partition coefficient (Wildman–Crippen LogP) is 0.362. The molecule has 1 saturated heterocycles. The molecule has 1 aromatic carbocycles. The molecule has 3 heterocycles. The number of amides is 1. The maximum atomic E-state index is 12.1. The summed E-state index contributed by atoms with van der Waals surface area (Å²) >= 11 is 1.62. The molecule has 0 radical (unpaired) electrons. The van der Waals surface area contributed by atoms with Crippen molar-refractivity contribution in [2.45, 2.75) is 16.6 Å². The van der Waals surface area contributed by atoms with Crippen molar-refractivity contribution < 1.29 is 13.2 Å². The standard InChI is InChI=1S/C13H14N4O3S2/c14-22(19,20)9-6-12(18)17(7-9)8-1-2-11-10(5-8)16-4-3-15-13(16)21-11/h1-2,5,9H,3-4,6-7H2,(H2,14,19,20). The minimum atomic E-state index is -3.70. The van der Waals surface area contributed by atoms with Gasteiger partial charge in [-0.25, -0.2) is 13.6 Å². The number of rotatable bonds is 2. The fraction of sp³-hybridized carbons (Fsp3) is 0.385. The SMILES string of the molecule is NS(=O)(=O)C1CC(=O)N(c2ccc3c(c2)N2CCN=C2S3)C1. The molecule has 3 aliphatic rings. The van der Waals surface area contributed by atoms with Gasteiger partial charge in [0.2, 0.25) is 15.9 Å². The van der Waals surface area contributed by atoms with Crippen LogP contribution in [0.2, 0.25) is 0 Å². The van der Waals surface area contributed by atoms with E-state index < -0.39 is 15.3 Å². The van der Waals surface area contributed by atoms with E-state index >= 15 is 0 Å². The zero-order chi connectivity index (χ0) is 15.5. The lowest BCUT2D eigenvalue weighted by molar-refractivity contribution is -0.117. The summed E-state index contributed by atoms with van der Waals surface area (Å²) in [6.45, 7) is 1.74. The molecule has 1 aromatic rings. The zero-order valence-electron chi connectivity index (χ0n) is 11.6. The van der Waals surface area contributed by atoms with Crippen LogP contribution in [0.15, 0.2) is 28.1 Å². The molecule has 1 unspecified atom stereocenters. The molecule has 0 spiro atoms. The number of primary sulfonamides is 1. The van der Waals surface area contributed by atoms with Crippen molar-refractivity contribution in [3.05, 3.63) is 18.2 Å². The molecule has 3 aliphatic heterocycles. The normalized spacial score (nSPS) is 23.8. The molecule has 1 fully saturated rings. The van der Waals surface area contributed by atoms with Gasteiger partial charge in [-0.15, -0.1) is 0 Å². The first kappa shape index (κ1) is 14.0. The lowest BCUT2D eigenvalue weighted by atomic mass is 10.2. The molecule has 1 amide bonds. The summed E-state index contributed by atoms with van der Waals surface area (Å²) < 4.78 is 22.9. The summed E-state index contributed by atoms with van der Waals surface area (Å²) in [5.74, 6) is -0.208. The van der Waals surface area contributed by atoms with Gasteiger partial charge < -0.3 is 9.80 Å². The number of nitrogens with zero attached hydrogens (tertiary/aromatic N) is 3. The summed E-state index contributed by atoms with van der Waals surface area (Å²) in [6, 6.07) is 5.73. The summed E-state index contributed by atoms with van der Waals surface area (Å²) in [6.07, 6.45) is -0.0545. The number of hydrogen-bond donors (Lipinski definition) is 1. The number of hydrogen-bond acceptors (Lipinski definition) is 6. The predicted molar refractivity (Wildman–Crippen MR) is 85.8 cm³/mol. The van der Waals surface area contributed by atoms with Crippen LogP contribution in [0, 0.1) is 0 Å². The first-order valence-electron chi connectivity index (χ1n) is 6.89. The summed E-state index contributed by atoms with van der Waals surface area (Å²) in [5, 5.41) is 5.33. The highest BCUT2D eigenvalue weighted by molar-refractivity contribution is 8.14. The second-order valence-corrected chi connectivity index (χ2v) is 8.34. The van der Waals surface area contributed by atoms with Crippen molar-refractivity contribution in [3.63, 3.8) is 0 Å². The average Bonchev–Trinajstić information content (AvgIpc) is 3.10. The maximum absolute atomic E-state index is 12.1. The van der Waals surface area contributed by atoms with E-state index in [1.807, 2.05) is 18.2 Å². The first-order valence-corrected chi connectivity index (χ1v) is 9.32. The van der Waals surface area contributed by atoms with Crippen LogP contribution in [0.4, 0.5) is 11.4 Å². The Hall–Kier alpha value is -1.58. The number of benzene rings is 1. The topological polar surface area (TPSA) is 96.1 Å². The van der Waals surface area contributed by atoms with E-state index in [-0.39, 0.29) is 18.9 Å². The summed E-state index contributed by atoms with van der Waals surface area (Å²) in [4.78, 5) is 21.3. The lowest BCUT2D eigenvalue weighted by Gasteiger charge is -2.19. The fourth-order valence-corrected chi connectivity index (χ4v) is 4.75. The molecule has 22 heavy (non-hydrogen) atoms. The van der Waals surface area contributed by atoms with E-state index in [1.54, 1.807) is 11.8 Å². The highest BCUT2D eigenvalue weighted by Crippen LogP contribution is 2.44. The van der Waals surface area contributed by atoms with Gasteiger partial charge in [0.1, 0.15) is 5.25 Å². The molecule has 0 bridgehead atoms. The van der Waals surface area contributed by atoms with Crippen molar-refractivity contribution in [2.24, 2.45) is 10.1 Å². The molecule has 1 atom stereocenters. The van der Waals surface area contributed by atoms with Gasteiger partial charge in [0.25, 0.3) is 0 Å². The monoisotopic (exact) mass is 338 g/mol. The fourth-order valence-electron chi connectivity index (χ4n) is 2.95.